The van der Waals surface area contributed by atoms with Crippen LogP contribution in [-0.2, 0) is 4.74 Å². The minimum Gasteiger partial charge on any atom is -0.465 e. The summed E-state index contributed by atoms with van der Waals surface area (Å²) in [6.45, 7) is 6.05. The van der Waals surface area contributed by atoms with Crippen LogP contribution in [0.5, 0.6) is 0 Å². The summed E-state index contributed by atoms with van der Waals surface area (Å²) in [5.41, 5.74) is 9.53. The molecule has 0 radical (unpaired) electrons. The molecule has 5 heteroatoms. The van der Waals surface area contributed by atoms with Crippen molar-refractivity contribution in [1.82, 2.24) is 0 Å². The van der Waals surface area contributed by atoms with Gasteiger partial charge in [0.05, 0.1) is 17.8 Å². The number of hydrogen-bond acceptors (Lipinski definition) is 4. The van der Waals surface area contributed by atoms with E-state index in [0.29, 0.717) is 15.6 Å². The van der Waals surface area contributed by atoms with E-state index in [2.05, 4.69) is 0 Å². The van der Waals surface area contributed by atoms with Gasteiger partial charge in [-0.3, -0.25) is 0 Å². The van der Waals surface area contributed by atoms with Gasteiger partial charge in [-0.1, -0.05) is 43.6 Å². The number of ether oxygens (including phenoxy) is 1. The fourth-order valence-corrected chi connectivity index (χ4v) is 3.90. The Morgan fingerprint density at radius 3 is 2.62 bits per heavy atom. The van der Waals surface area contributed by atoms with Crippen molar-refractivity contribution in [2.75, 3.05) is 12.8 Å². The summed E-state index contributed by atoms with van der Waals surface area (Å²) in [5, 5.41) is 0.692. The molecule has 1 heterocycles. The lowest BCUT2D eigenvalue weighted by atomic mass is 9.97. The number of halogens is 1. The highest BCUT2D eigenvalue weighted by Crippen LogP contribution is 2.45. The summed E-state index contributed by atoms with van der Waals surface area (Å²) in [4.78, 5) is 13.3. The van der Waals surface area contributed by atoms with E-state index in [1.165, 1.54) is 18.4 Å². The van der Waals surface area contributed by atoms with Gasteiger partial charge in [0.15, 0.2) is 0 Å². The third kappa shape index (κ3) is 2.78. The summed E-state index contributed by atoms with van der Waals surface area (Å²) in [6.07, 6.45) is 0. The summed E-state index contributed by atoms with van der Waals surface area (Å²) >= 11 is 7.77. The Morgan fingerprint density at radius 1 is 1.38 bits per heavy atom. The monoisotopic (exact) mass is 323 g/mol. The van der Waals surface area contributed by atoms with E-state index >= 15 is 0 Å². The summed E-state index contributed by atoms with van der Waals surface area (Å²) in [7, 11) is 1.36. The van der Waals surface area contributed by atoms with E-state index in [-0.39, 0.29) is 5.92 Å². The van der Waals surface area contributed by atoms with E-state index in [0.717, 1.165) is 21.6 Å². The zero-order valence-corrected chi connectivity index (χ0v) is 14.1. The number of hydrogen-bond donors (Lipinski definition) is 1. The highest BCUT2D eigenvalue weighted by Gasteiger charge is 2.25. The fraction of sp³-hybridized carbons (Fsp3) is 0.312. The molecule has 0 atom stereocenters. The second kappa shape index (κ2) is 6.08. The number of esters is 1. The zero-order chi connectivity index (χ0) is 15.7. The number of thiophene rings is 1. The summed E-state index contributed by atoms with van der Waals surface area (Å²) < 4.78 is 4.81. The smallest absolute Gasteiger partial charge is 0.350 e. The molecule has 0 saturated carbocycles. The number of methoxy groups -OCH3 is 1. The zero-order valence-electron chi connectivity index (χ0n) is 12.5. The minimum atomic E-state index is -0.408. The van der Waals surface area contributed by atoms with Crippen LogP contribution in [0.4, 0.5) is 5.69 Å². The third-order valence-corrected chi connectivity index (χ3v) is 5.10. The van der Waals surface area contributed by atoms with E-state index in [9.17, 15) is 4.79 Å². The van der Waals surface area contributed by atoms with Crippen molar-refractivity contribution in [2.45, 2.75) is 26.7 Å². The van der Waals surface area contributed by atoms with Gasteiger partial charge >= 0.3 is 5.97 Å². The molecule has 0 amide bonds. The first kappa shape index (κ1) is 15.9. The average molecular weight is 324 g/mol. The predicted octanol–water partition coefficient (Wildman–Crippen LogP) is 4.87. The van der Waals surface area contributed by atoms with Gasteiger partial charge in [-0.25, -0.2) is 4.79 Å². The van der Waals surface area contributed by atoms with Crippen LogP contribution in [0.1, 0.15) is 40.6 Å². The van der Waals surface area contributed by atoms with Gasteiger partial charge in [0.2, 0.25) is 0 Å². The van der Waals surface area contributed by atoms with Crippen molar-refractivity contribution in [2.24, 2.45) is 0 Å². The molecular formula is C16H18ClNO2S. The molecule has 21 heavy (non-hydrogen) atoms. The van der Waals surface area contributed by atoms with Gasteiger partial charge < -0.3 is 10.5 Å². The molecule has 0 unspecified atom stereocenters. The Hall–Kier alpha value is -1.52. The number of rotatable bonds is 3. The predicted molar refractivity (Wildman–Crippen MR) is 89.3 cm³/mol. The van der Waals surface area contributed by atoms with Crippen LogP contribution in [0.3, 0.4) is 0 Å². The molecular weight excluding hydrogens is 306 g/mol. The van der Waals surface area contributed by atoms with Crippen LogP contribution >= 0.6 is 22.9 Å². The van der Waals surface area contributed by atoms with Gasteiger partial charge in [0.1, 0.15) is 4.88 Å². The third-order valence-electron chi connectivity index (χ3n) is 3.37. The summed E-state index contributed by atoms with van der Waals surface area (Å²) in [5.74, 6) is -0.222. The quantitative estimate of drug-likeness (QED) is 0.820. The molecule has 0 spiro atoms. The van der Waals surface area contributed by atoms with Crippen molar-refractivity contribution in [1.29, 1.82) is 0 Å². The Bertz CT molecular complexity index is 692. The van der Waals surface area contributed by atoms with E-state index in [4.69, 9.17) is 22.1 Å². The molecule has 0 fully saturated rings. The second-order valence-corrected chi connectivity index (χ2v) is 6.57. The molecule has 0 aliphatic carbocycles. The van der Waals surface area contributed by atoms with Crippen LogP contribution < -0.4 is 5.73 Å². The lowest BCUT2D eigenvalue weighted by Crippen LogP contribution is -2.03. The van der Waals surface area contributed by atoms with Crippen LogP contribution in [0, 0.1) is 6.92 Å². The fourth-order valence-electron chi connectivity index (χ4n) is 2.30. The number of carbonyl (C=O) groups is 1. The SMILES string of the molecule is COC(=O)c1sc(-c2cccc(C)c2Cl)c(C(C)C)c1N. The highest BCUT2D eigenvalue weighted by atomic mass is 35.5. The number of carbonyl (C=O) groups excluding carboxylic acids is 1. The van der Waals surface area contributed by atoms with Crippen LogP contribution in [0.25, 0.3) is 10.4 Å². The van der Waals surface area contributed by atoms with Crippen molar-refractivity contribution in [3.8, 4) is 10.4 Å². The summed E-state index contributed by atoms with van der Waals surface area (Å²) in [6, 6.07) is 5.86. The largest absolute Gasteiger partial charge is 0.465 e. The van der Waals surface area contributed by atoms with E-state index < -0.39 is 5.97 Å². The van der Waals surface area contributed by atoms with Crippen molar-refractivity contribution < 1.29 is 9.53 Å². The van der Waals surface area contributed by atoms with Crippen LogP contribution in [0.2, 0.25) is 5.02 Å². The lowest BCUT2D eigenvalue weighted by molar-refractivity contribution is 0.0607. The molecule has 0 saturated heterocycles. The molecule has 3 nitrogen and oxygen atoms in total. The number of nitrogens with two attached hydrogens (primary N) is 1. The first-order valence-electron chi connectivity index (χ1n) is 6.64. The Morgan fingerprint density at radius 2 is 2.05 bits per heavy atom. The first-order chi connectivity index (χ1) is 9.88. The maximum absolute atomic E-state index is 11.9. The van der Waals surface area contributed by atoms with Crippen LogP contribution in [-0.4, -0.2) is 13.1 Å². The maximum Gasteiger partial charge on any atom is 0.350 e. The lowest BCUT2D eigenvalue weighted by Gasteiger charge is -2.11. The molecule has 0 bridgehead atoms. The maximum atomic E-state index is 11.9. The average Bonchev–Trinajstić information content (AvgIpc) is 2.78. The van der Waals surface area contributed by atoms with Crippen LogP contribution in [0.15, 0.2) is 18.2 Å². The molecule has 1 aromatic heterocycles. The van der Waals surface area contributed by atoms with Gasteiger partial charge in [0, 0.05) is 10.4 Å². The van der Waals surface area contributed by atoms with E-state index in [1.54, 1.807) is 0 Å². The molecule has 0 aliphatic rings. The van der Waals surface area contributed by atoms with E-state index in [1.807, 2.05) is 39.0 Å². The Kier molecular flexibility index (Phi) is 4.59. The molecule has 0 aliphatic heterocycles. The molecule has 1 aromatic carbocycles. The molecule has 2 aromatic rings. The Labute approximate surface area is 133 Å². The minimum absolute atomic E-state index is 0.186. The van der Waals surface area contributed by atoms with Gasteiger partial charge in [-0.2, -0.15) is 0 Å². The highest BCUT2D eigenvalue weighted by molar-refractivity contribution is 7.18. The Balaban J connectivity index is 2.74. The van der Waals surface area contributed by atoms with Gasteiger partial charge in [-0.05, 0) is 24.0 Å². The second-order valence-electron chi connectivity index (χ2n) is 5.17. The normalized spacial score (nSPS) is 11.0. The number of anilines is 1. The number of aryl methyl sites for hydroxylation is 1. The first-order valence-corrected chi connectivity index (χ1v) is 7.83. The van der Waals surface area contributed by atoms with Crippen molar-refractivity contribution in [3.05, 3.63) is 39.2 Å². The van der Waals surface area contributed by atoms with Gasteiger partial charge in [0.25, 0.3) is 0 Å². The standard InChI is InChI=1S/C16H18ClNO2S/c1-8(2)11-13(18)15(16(19)20-4)21-14(11)10-7-5-6-9(3)12(10)17/h5-8H,18H2,1-4H3. The van der Waals surface area contributed by atoms with Crippen molar-refractivity contribution in [3.63, 3.8) is 0 Å². The molecule has 2 rings (SSSR count). The number of benzene rings is 1. The van der Waals surface area contributed by atoms with Gasteiger partial charge in [-0.15, -0.1) is 11.3 Å². The number of nitrogen functional groups attached to an aromatic ring is 1. The van der Waals surface area contributed by atoms with Crippen molar-refractivity contribution >= 4 is 34.6 Å². The molecule has 112 valence electrons. The topological polar surface area (TPSA) is 52.3 Å². The molecule has 2 N–H and O–H groups in total.